The Bertz CT molecular complexity index is 777. The molecule has 5 heteroatoms. The van der Waals surface area contributed by atoms with Crippen LogP contribution in [0.5, 0.6) is 0 Å². The van der Waals surface area contributed by atoms with E-state index in [2.05, 4.69) is 10.3 Å². The van der Waals surface area contributed by atoms with Crippen molar-refractivity contribution in [2.75, 3.05) is 5.32 Å². The van der Waals surface area contributed by atoms with E-state index in [4.69, 9.17) is 0 Å². The van der Waals surface area contributed by atoms with Crippen LogP contribution in [0.4, 0.5) is 10.1 Å². The van der Waals surface area contributed by atoms with E-state index in [-0.39, 0.29) is 11.7 Å². The Morgan fingerprint density at radius 3 is 2.75 bits per heavy atom. The van der Waals surface area contributed by atoms with Gasteiger partial charge in [0.25, 0.3) is 5.91 Å². The van der Waals surface area contributed by atoms with Crippen LogP contribution in [0.15, 0.2) is 48.8 Å². The van der Waals surface area contributed by atoms with Crippen molar-refractivity contribution in [1.82, 2.24) is 9.38 Å². The number of nitrogens with one attached hydrogen (secondary N) is 1. The summed E-state index contributed by atoms with van der Waals surface area (Å²) in [5.74, 6) is -0.663. The summed E-state index contributed by atoms with van der Waals surface area (Å²) in [4.78, 5) is 16.3. The number of halogens is 1. The van der Waals surface area contributed by atoms with Crippen molar-refractivity contribution in [3.05, 3.63) is 65.9 Å². The summed E-state index contributed by atoms with van der Waals surface area (Å²) in [7, 11) is 0. The molecule has 3 rings (SSSR count). The van der Waals surface area contributed by atoms with Gasteiger partial charge < -0.3 is 9.72 Å². The molecule has 4 nitrogen and oxygen atoms in total. The van der Waals surface area contributed by atoms with Crippen LogP contribution in [0.25, 0.3) is 5.65 Å². The van der Waals surface area contributed by atoms with Gasteiger partial charge in [0.2, 0.25) is 0 Å². The predicted molar refractivity (Wildman–Crippen MR) is 74.3 cm³/mol. The van der Waals surface area contributed by atoms with Gasteiger partial charge in [0.05, 0.1) is 0 Å². The molecule has 0 radical (unpaired) electrons. The Hall–Kier alpha value is -2.69. The van der Waals surface area contributed by atoms with Gasteiger partial charge in [-0.15, -0.1) is 0 Å². The molecule has 0 unspecified atom stereocenters. The van der Waals surface area contributed by atoms with Crippen LogP contribution in [0.1, 0.15) is 16.1 Å². The lowest BCUT2D eigenvalue weighted by molar-refractivity contribution is 0.102. The number of carbonyl (C=O) groups excluding carboxylic acids is 1. The highest BCUT2D eigenvalue weighted by molar-refractivity contribution is 6.03. The molecule has 0 saturated carbocycles. The lowest BCUT2D eigenvalue weighted by Gasteiger charge is -2.01. The summed E-state index contributed by atoms with van der Waals surface area (Å²) in [5.41, 5.74) is 2.65. The first kappa shape index (κ1) is 12.3. The second-order valence-electron chi connectivity index (χ2n) is 4.56. The van der Waals surface area contributed by atoms with Crippen molar-refractivity contribution in [2.24, 2.45) is 0 Å². The maximum Gasteiger partial charge on any atom is 0.275 e. The van der Waals surface area contributed by atoms with Gasteiger partial charge in [-0.3, -0.25) is 4.79 Å². The van der Waals surface area contributed by atoms with Crippen LogP contribution in [0.2, 0.25) is 0 Å². The summed E-state index contributed by atoms with van der Waals surface area (Å²) in [6.45, 7) is 1.97. The summed E-state index contributed by atoms with van der Waals surface area (Å²) in [6.07, 6.45) is 3.51. The molecular formula is C15H12FN3O. The number of nitrogens with zero attached hydrogens (tertiary/aromatic N) is 2. The van der Waals surface area contributed by atoms with Crippen LogP contribution in [0, 0.1) is 12.7 Å². The number of fused-ring (bicyclic) bond motifs is 1. The topological polar surface area (TPSA) is 46.4 Å². The number of carbonyl (C=O) groups is 1. The largest absolute Gasteiger partial charge is 0.321 e. The van der Waals surface area contributed by atoms with Gasteiger partial charge in [0.1, 0.15) is 17.2 Å². The van der Waals surface area contributed by atoms with Crippen molar-refractivity contribution < 1.29 is 9.18 Å². The van der Waals surface area contributed by atoms with Crippen LogP contribution in [-0.2, 0) is 0 Å². The fraction of sp³-hybridized carbons (Fsp3) is 0.0667. The van der Waals surface area contributed by atoms with Crippen LogP contribution < -0.4 is 5.32 Å². The van der Waals surface area contributed by atoms with E-state index in [1.807, 2.05) is 25.3 Å². The van der Waals surface area contributed by atoms with Crippen molar-refractivity contribution in [3.63, 3.8) is 0 Å². The summed E-state index contributed by atoms with van der Waals surface area (Å²) in [5, 5.41) is 2.68. The van der Waals surface area contributed by atoms with Gasteiger partial charge in [-0.2, -0.15) is 0 Å². The molecule has 0 bridgehead atoms. The normalized spacial score (nSPS) is 10.7. The highest BCUT2D eigenvalue weighted by Gasteiger charge is 2.11. The van der Waals surface area contributed by atoms with E-state index in [9.17, 15) is 9.18 Å². The van der Waals surface area contributed by atoms with Gasteiger partial charge >= 0.3 is 0 Å². The summed E-state index contributed by atoms with van der Waals surface area (Å²) >= 11 is 0. The minimum Gasteiger partial charge on any atom is -0.321 e. The van der Waals surface area contributed by atoms with E-state index >= 15 is 0 Å². The van der Waals surface area contributed by atoms with Crippen molar-refractivity contribution in [2.45, 2.75) is 6.92 Å². The second kappa shape index (κ2) is 4.77. The first-order valence-electron chi connectivity index (χ1n) is 6.14. The molecule has 0 spiro atoms. The van der Waals surface area contributed by atoms with E-state index in [0.29, 0.717) is 17.0 Å². The number of hydrogen-bond donors (Lipinski definition) is 1. The average Bonchev–Trinajstić information content (AvgIpc) is 2.84. The van der Waals surface area contributed by atoms with Crippen molar-refractivity contribution in [1.29, 1.82) is 0 Å². The molecule has 2 heterocycles. The minimum absolute atomic E-state index is 0.319. The van der Waals surface area contributed by atoms with E-state index in [1.54, 1.807) is 10.6 Å². The average molecular weight is 269 g/mol. The molecule has 0 atom stereocenters. The summed E-state index contributed by atoms with van der Waals surface area (Å²) in [6, 6.07) is 9.44. The maximum absolute atomic E-state index is 12.8. The number of imidazole rings is 1. The number of hydrogen-bond acceptors (Lipinski definition) is 2. The first-order chi connectivity index (χ1) is 9.61. The van der Waals surface area contributed by atoms with Crippen LogP contribution in [-0.4, -0.2) is 15.3 Å². The zero-order chi connectivity index (χ0) is 14.1. The third-order valence-electron chi connectivity index (χ3n) is 2.95. The molecule has 0 fully saturated rings. The molecule has 0 saturated heterocycles. The molecule has 0 aliphatic heterocycles. The number of anilines is 1. The molecule has 20 heavy (non-hydrogen) atoms. The number of aryl methyl sites for hydroxylation is 1. The van der Waals surface area contributed by atoms with Gasteiger partial charge in [-0.05, 0) is 48.9 Å². The Balaban J connectivity index is 1.86. The van der Waals surface area contributed by atoms with E-state index in [0.717, 1.165) is 5.56 Å². The number of amides is 1. The maximum atomic E-state index is 12.8. The molecule has 0 aliphatic carbocycles. The van der Waals surface area contributed by atoms with Gasteiger partial charge in [0, 0.05) is 18.1 Å². The van der Waals surface area contributed by atoms with Gasteiger partial charge in [-0.1, -0.05) is 0 Å². The second-order valence-corrected chi connectivity index (χ2v) is 4.56. The minimum atomic E-state index is -0.341. The quantitative estimate of drug-likeness (QED) is 0.777. The van der Waals surface area contributed by atoms with Gasteiger partial charge in [0.15, 0.2) is 0 Å². The fourth-order valence-corrected chi connectivity index (χ4v) is 1.92. The van der Waals surface area contributed by atoms with E-state index in [1.165, 1.54) is 24.3 Å². The van der Waals surface area contributed by atoms with Crippen molar-refractivity contribution in [3.8, 4) is 0 Å². The Labute approximate surface area is 114 Å². The molecule has 1 amide bonds. The number of aromatic nitrogens is 2. The highest BCUT2D eigenvalue weighted by atomic mass is 19.1. The molecule has 3 aromatic rings. The molecule has 2 aromatic heterocycles. The van der Waals surface area contributed by atoms with Crippen LogP contribution >= 0.6 is 0 Å². The smallest absolute Gasteiger partial charge is 0.275 e. The third-order valence-corrected chi connectivity index (χ3v) is 2.95. The lowest BCUT2D eigenvalue weighted by Crippen LogP contribution is -2.12. The third kappa shape index (κ3) is 2.38. The number of pyridine rings is 1. The fourth-order valence-electron chi connectivity index (χ4n) is 1.92. The highest BCUT2D eigenvalue weighted by Crippen LogP contribution is 2.12. The number of benzene rings is 1. The Morgan fingerprint density at radius 1 is 1.25 bits per heavy atom. The molecule has 1 N–H and O–H groups in total. The monoisotopic (exact) mass is 269 g/mol. The molecule has 0 aliphatic rings. The summed E-state index contributed by atoms with van der Waals surface area (Å²) < 4.78 is 14.6. The molecule has 100 valence electrons. The van der Waals surface area contributed by atoms with E-state index < -0.39 is 0 Å². The molecular weight excluding hydrogens is 257 g/mol. The van der Waals surface area contributed by atoms with Crippen LogP contribution in [0.3, 0.4) is 0 Å². The first-order valence-corrected chi connectivity index (χ1v) is 6.14. The Kier molecular flexibility index (Phi) is 2.95. The molecule has 1 aromatic carbocycles. The zero-order valence-corrected chi connectivity index (χ0v) is 10.8. The standard InChI is InChI=1S/C15H12FN3O/c1-10-6-7-19-9-13(18-14(19)8-10)15(20)17-12-4-2-11(16)3-5-12/h2-9H,1H3,(H,17,20). The predicted octanol–water partition coefficient (Wildman–Crippen LogP) is 3.03. The number of rotatable bonds is 2. The SMILES string of the molecule is Cc1ccn2cc(C(=O)Nc3ccc(F)cc3)nc2c1. The van der Waals surface area contributed by atoms with Crippen molar-refractivity contribution >= 4 is 17.2 Å². The zero-order valence-electron chi connectivity index (χ0n) is 10.8. The lowest BCUT2D eigenvalue weighted by atomic mass is 10.3. The van der Waals surface area contributed by atoms with Gasteiger partial charge in [-0.25, -0.2) is 9.37 Å². The Morgan fingerprint density at radius 2 is 2.00 bits per heavy atom.